The van der Waals surface area contributed by atoms with E-state index in [2.05, 4.69) is 4.90 Å². The third kappa shape index (κ3) is 5.24. The van der Waals surface area contributed by atoms with Crippen LogP contribution in [0.25, 0.3) is 0 Å². The third-order valence-corrected chi connectivity index (χ3v) is 9.54. The zero-order valence-electron chi connectivity index (χ0n) is 21.9. The van der Waals surface area contributed by atoms with Crippen molar-refractivity contribution in [2.45, 2.75) is 38.5 Å². The van der Waals surface area contributed by atoms with E-state index in [9.17, 15) is 22.4 Å². The van der Waals surface area contributed by atoms with E-state index >= 15 is 0 Å². The molecule has 2 aromatic rings. The summed E-state index contributed by atoms with van der Waals surface area (Å²) in [6, 6.07) is 6.31. The molecule has 1 atom stereocenters. The molecule has 11 heteroatoms. The van der Waals surface area contributed by atoms with Gasteiger partial charge in [-0.1, -0.05) is 0 Å². The van der Waals surface area contributed by atoms with Gasteiger partial charge in [-0.25, -0.2) is 17.6 Å². The van der Waals surface area contributed by atoms with E-state index < -0.39 is 21.9 Å². The van der Waals surface area contributed by atoms with E-state index in [1.54, 1.807) is 49.4 Å². The van der Waals surface area contributed by atoms with Gasteiger partial charge in [-0.3, -0.25) is 4.79 Å². The standard InChI is InChI=1S/C26H35FN4O5S/c1-5-36-26(33)23-18(2)28(4)19(3)24(23)37(34,35)31-12-6-7-20(17-31)25(32)30-15-13-29(14-16-30)22-10-8-21(27)9-11-22/h8-11,20H,5-7,12-17H2,1-4H3/t20-/m0/s1. The molecule has 0 saturated carbocycles. The van der Waals surface area contributed by atoms with Crippen molar-refractivity contribution in [2.75, 3.05) is 50.8 Å². The maximum atomic E-state index is 13.8. The predicted octanol–water partition coefficient (Wildman–Crippen LogP) is 2.71. The zero-order valence-corrected chi connectivity index (χ0v) is 22.7. The Kier molecular flexibility index (Phi) is 7.94. The molecule has 1 aromatic heterocycles. The summed E-state index contributed by atoms with van der Waals surface area (Å²) in [6.45, 7) is 7.84. The van der Waals surface area contributed by atoms with Crippen LogP contribution >= 0.6 is 0 Å². The highest BCUT2D eigenvalue weighted by atomic mass is 32.2. The molecule has 3 heterocycles. The molecule has 4 rings (SSSR count). The van der Waals surface area contributed by atoms with Crippen LogP contribution in [0, 0.1) is 25.6 Å². The number of hydrogen-bond acceptors (Lipinski definition) is 6. The molecule has 1 amide bonds. The lowest BCUT2D eigenvalue weighted by molar-refractivity contribution is -0.137. The van der Waals surface area contributed by atoms with Crippen LogP contribution in [0.4, 0.5) is 10.1 Å². The SMILES string of the molecule is CCOC(=O)c1c(S(=O)(=O)N2CCC[C@H](C(=O)N3CCN(c4ccc(F)cc4)CC3)C2)c(C)n(C)c1C. The Morgan fingerprint density at radius 3 is 2.30 bits per heavy atom. The van der Waals surface area contributed by atoms with Gasteiger partial charge in [0.25, 0.3) is 0 Å². The minimum absolute atomic E-state index is 0.0352. The van der Waals surface area contributed by atoms with Crippen LogP contribution < -0.4 is 4.90 Å². The van der Waals surface area contributed by atoms with Crippen LogP contribution in [0.1, 0.15) is 41.5 Å². The number of benzene rings is 1. The highest BCUT2D eigenvalue weighted by molar-refractivity contribution is 7.89. The monoisotopic (exact) mass is 534 g/mol. The lowest BCUT2D eigenvalue weighted by atomic mass is 9.97. The molecule has 2 aliphatic rings. The number of amides is 1. The molecule has 0 radical (unpaired) electrons. The summed E-state index contributed by atoms with van der Waals surface area (Å²) in [7, 11) is -2.31. The first kappa shape index (κ1) is 27.1. The van der Waals surface area contributed by atoms with Crippen molar-refractivity contribution >= 4 is 27.6 Å². The van der Waals surface area contributed by atoms with Crippen molar-refractivity contribution in [1.29, 1.82) is 0 Å². The Bertz CT molecular complexity index is 1270. The van der Waals surface area contributed by atoms with Gasteiger partial charge in [0.05, 0.1) is 12.5 Å². The summed E-state index contributed by atoms with van der Waals surface area (Å²) in [5.41, 5.74) is 1.96. The number of piperazine rings is 1. The molecule has 2 saturated heterocycles. The second-order valence-electron chi connectivity index (χ2n) is 9.65. The van der Waals surface area contributed by atoms with Crippen molar-refractivity contribution in [1.82, 2.24) is 13.8 Å². The number of carbonyl (C=O) groups is 2. The molecule has 1 aromatic carbocycles. The number of hydrogen-bond donors (Lipinski definition) is 0. The lowest BCUT2D eigenvalue weighted by Crippen LogP contribution is -2.53. The topological polar surface area (TPSA) is 92.2 Å². The van der Waals surface area contributed by atoms with Crippen LogP contribution in [-0.4, -0.2) is 79.9 Å². The zero-order chi connectivity index (χ0) is 26.9. The van der Waals surface area contributed by atoms with Crippen LogP contribution in [0.2, 0.25) is 0 Å². The van der Waals surface area contributed by atoms with Crippen molar-refractivity contribution in [3.63, 3.8) is 0 Å². The van der Waals surface area contributed by atoms with Crippen LogP contribution in [0.5, 0.6) is 0 Å². The van der Waals surface area contributed by atoms with Crippen molar-refractivity contribution in [3.05, 3.63) is 47.0 Å². The van der Waals surface area contributed by atoms with Gasteiger partial charge in [0.15, 0.2) is 0 Å². The van der Waals surface area contributed by atoms with E-state index in [1.807, 2.05) is 0 Å². The predicted molar refractivity (Wildman–Crippen MR) is 138 cm³/mol. The fraction of sp³-hybridized carbons (Fsp3) is 0.538. The first-order valence-electron chi connectivity index (χ1n) is 12.7. The van der Waals surface area contributed by atoms with E-state index in [0.29, 0.717) is 57.0 Å². The maximum absolute atomic E-state index is 13.8. The minimum Gasteiger partial charge on any atom is -0.462 e. The molecule has 0 unspecified atom stereocenters. The Hall–Kier alpha value is -2.92. The van der Waals surface area contributed by atoms with Gasteiger partial charge < -0.3 is 19.1 Å². The van der Waals surface area contributed by atoms with Gasteiger partial charge in [0.1, 0.15) is 16.3 Å². The summed E-state index contributed by atoms with van der Waals surface area (Å²) in [5, 5.41) is 0. The average molecular weight is 535 g/mol. The number of aromatic nitrogens is 1. The molecule has 0 spiro atoms. The number of carbonyl (C=O) groups excluding carboxylic acids is 2. The number of anilines is 1. The van der Waals surface area contributed by atoms with Crippen LogP contribution in [0.15, 0.2) is 29.2 Å². The van der Waals surface area contributed by atoms with Gasteiger partial charge in [0, 0.05) is 63.4 Å². The smallest absolute Gasteiger partial charge is 0.341 e. The van der Waals surface area contributed by atoms with Crippen LogP contribution in [-0.2, 0) is 26.6 Å². The molecular formula is C26H35FN4O5S. The van der Waals surface area contributed by atoms with Crippen molar-refractivity contribution in [3.8, 4) is 0 Å². The normalized spacial score (nSPS) is 19.2. The van der Waals surface area contributed by atoms with Gasteiger partial charge in [-0.05, 0) is 57.9 Å². The molecule has 9 nitrogen and oxygen atoms in total. The molecular weight excluding hydrogens is 499 g/mol. The van der Waals surface area contributed by atoms with Gasteiger partial charge in [-0.15, -0.1) is 0 Å². The molecule has 202 valence electrons. The Morgan fingerprint density at radius 2 is 1.68 bits per heavy atom. The number of rotatable bonds is 6. The van der Waals surface area contributed by atoms with Crippen LogP contribution in [0.3, 0.4) is 0 Å². The number of piperidine rings is 1. The maximum Gasteiger partial charge on any atom is 0.341 e. The second kappa shape index (κ2) is 10.8. The average Bonchev–Trinajstić information content (AvgIpc) is 3.13. The highest BCUT2D eigenvalue weighted by Crippen LogP contribution is 2.32. The number of halogens is 1. The highest BCUT2D eigenvalue weighted by Gasteiger charge is 2.40. The molecule has 2 fully saturated rings. The summed E-state index contributed by atoms with van der Waals surface area (Å²) >= 11 is 0. The van der Waals surface area contributed by atoms with Gasteiger partial charge in [-0.2, -0.15) is 4.31 Å². The fourth-order valence-corrected chi connectivity index (χ4v) is 7.27. The van der Waals surface area contributed by atoms with Crippen molar-refractivity contribution in [2.24, 2.45) is 13.0 Å². The van der Waals surface area contributed by atoms with Crippen molar-refractivity contribution < 1.29 is 27.1 Å². The lowest BCUT2D eigenvalue weighted by Gasteiger charge is -2.39. The van der Waals surface area contributed by atoms with E-state index in [-0.39, 0.29) is 35.3 Å². The number of esters is 1. The van der Waals surface area contributed by atoms with E-state index in [0.717, 1.165) is 5.69 Å². The molecule has 0 aliphatic carbocycles. The summed E-state index contributed by atoms with van der Waals surface area (Å²) in [6.07, 6.45) is 1.17. The number of nitrogens with zero attached hydrogens (tertiary/aromatic N) is 4. The summed E-state index contributed by atoms with van der Waals surface area (Å²) in [4.78, 5) is 30.0. The summed E-state index contributed by atoms with van der Waals surface area (Å²) < 4.78 is 49.1. The Morgan fingerprint density at radius 1 is 1.03 bits per heavy atom. The second-order valence-corrected chi connectivity index (χ2v) is 11.5. The first-order valence-corrected chi connectivity index (χ1v) is 14.1. The minimum atomic E-state index is -4.03. The molecule has 37 heavy (non-hydrogen) atoms. The quantitative estimate of drug-likeness (QED) is 0.530. The first-order chi connectivity index (χ1) is 17.6. The molecule has 2 aliphatic heterocycles. The van der Waals surface area contributed by atoms with E-state index in [4.69, 9.17) is 4.74 Å². The van der Waals surface area contributed by atoms with E-state index in [1.165, 1.54) is 16.4 Å². The molecule has 0 N–H and O–H groups in total. The molecule has 0 bridgehead atoms. The summed E-state index contributed by atoms with van der Waals surface area (Å²) in [5.74, 6) is -1.45. The van der Waals surface area contributed by atoms with Gasteiger partial charge in [0.2, 0.25) is 15.9 Å². The van der Waals surface area contributed by atoms with Gasteiger partial charge >= 0.3 is 5.97 Å². The Balaban J connectivity index is 1.48. The largest absolute Gasteiger partial charge is 0.462 e. The third-order valence-electron chi connectivity index (χ3n) is 7.52. The number of sulfonamides is 1. The fourth-order valence-electron chi connectivity index (χ4n) is 5.26. The number of ether oxygens (including phenoxy) is 1. The Labute approximate surface area is 217 Å².